The van der Waals surface area contributed by atoms with Crippen LogP contribution in [0.1, 0.15) is 32.8 Å². The Balaban J connectivity index is 0.00000400. The summed E-state index contributed by atoms with van der Waals surface area (Å²) in [4.78, 5) is 47.4. The predicted molar refractivity (Wildman–Crippen MR) is 74.2 cm³/mol. The number of benzene rings is 1. The van der Waals surface area contributed by atoms with Crippen LogP contribution in [0.2, 0.25) is 0 Å². The van der Waals surface area contributed by atoms with E-state index >= 15 is 0 Å². The van der Waals surface area contributed by atoms with E-state index in [4.69, 9.17) is 0 Å². The molecule has 0 aromatic heterocycles. The van der Waals surface area contributed by atoms with Gasteiger partial charge in [-0.25, -0.2) is 0 Å². The molecule has 114 valence electrons. The first kappa shape index (κ1) is 19.4. The molecule has 0 fully saturated rings. The van der Waals surface area contributed by atoms with Crippen molar-refractivity contribution in [1.29, 1.82) is 0 Å². The number of hydrogen-bond acceptors (Lipinski definition) is 4. The Morgan fingerprint density at radius 2 is 1.38 bits per heavy atom. The van der Waals surface area contributed by atoms with Gasteiger partial charge in [-0.2, -0.15) is 0 Å². The molecule has 1 aromatic rings. The van der Waals surface area contributed by atoms with Crippen molar-refractivity contribution in [2.75, 3.05) is 0 Å². The second-order valence-corrected chi connectivity index (χ2v) is 4.98. The summed E-state index contributed by atoms with van der Waals surface area (Å²) in [7, 11) is 0. The van der Waals surface area contributed by atoms with Gasteiger partial charge >= 0.3 is 0 Å². The monoisotopic (exact) mass is 330 g/mol. The molecule has 0 saturated carbocycles. The SMILES string of the molecule is CC(=O)CC(=O)C(Cc1ccccc1)(C(C)=O)C(C)=O.[Fe]. The first-order chi connectivity index (χ1) is 9.30. The van der Waals surface area contributed by atoms with Gasteiger partial charge in [-0.15, -0.1) is 0 Å². The molecule has 21 heavy (non-hydrogen) atoms. The molecular formula is C16H18FeO4. The van der Waals surface area contributed by atoms with Gasteiger partial charge in [0, 0.05) is 17.1 Å². The molecule has 0 aliphatic heterocycles. The Bertz CT molecular complexity index is 535. The average Bonchev–Trinajstić information content (AvgIpc) is 2.35. The molecule has 0 saturated heterocycles. The third-order valence-corrected chi connectivity index (χ3v) is 3.40. The van der Waals surface area contributed by atoms with Crippen LogP contribution in [0.5, 0.6) is 0 Å². The van der Waals surface area contributed by atoms with Gasteiger partial charge in [0.2, 0.25) is 0 Å². The second kappa shape index (κ2) is 8.01. The van der Waals surface area contributed by atoms with Crippen LogP contribution in [0, 0.1) is 5.41 Å². The van der Waals surface area contributed by atoms with Crippen molar-refractivity contribution in [3.05, 3.63) is 35.9 Å². The zero-order valence-electron chi connectivity index (χ0n) is 12.3. The number of carbonyl (C=O) groups excluding carboxylic acids is 4. The molecule has 0 amide bonds. The smallest absolute Gasteiger partial charge is 0.161 e. The molecule has 0 spiro atoms. The van der Waals surface area contributed by atoms with Crippen molar-refractivity contribution >= 4 is 23.1 Å². The van der Waals surface area contributed by atoms with Crippen LogP contribution in [0.4, 0.5) is 0 Å². The van der Waals surface area contributed by atoms with Gasteiger partial charge in [0.05, 0.1) is 6.42 Å². The summed E-state index contributed by atoms with van der Waals surface area (Å²) >= 11 is 0. The Morgan fingerprint density at radius 1 is 0.905 bits per heavy atom. The van der Waals surface area contributed by atoms with E-state index in [0.29, 0.717) is 0 Å². The van der Waals surface area contributed by atoms with Crippen LogP contribution in [0.25, 0.3) is 0 Å². The van der Waals surface area contributed by atoms with Crippen molar-refractivity contribution in [3.8, 4) is 0 Å². The summed E-state index contributed by atoms with van der Waals surface area (Å²) in [6.45, 7) is 3.72. The van der Waals surface area contributed by atoms with Gasteiger partial charge in [0.15, 0.2) is 17.3 Å². The number of carbonyl (C=O) groups is 4. The van der Waals surface area contributed by atoms with Crippen LogP contribution in [-0.4, -0.2) is 23.1 Å². The topological polar surface area (TPSA) is 68.3 Å². The first-order valence-corrected chi connectivity index (χ1v) is 6.39. The summed E-state index contributed by atoms with van der Waals surface area (Å²) in [5.41, 5.74) is -1.03. The first-order valence-electron chi connectivity index (χ1n) is 6.39. The Labute approximate surface area is 134 Å². The van der Waals surface area contributed by atoms with Gasteiger partial charge in [-0.1, -0.05) is 30.3 Å². The second-order valence-electron chi connectivity index (χ2n) is 4.98. The number of ketones is 4. The van der Waals surface area contributed by atoms with Crippen molar-refractivity contribution < 1.29 is 36.2 Å². The van der Waals surface area contributed by atoms with Gasteiger partial charge < -0.3 is 0 Å². The molecule has 0 aliphatic carbocycles. The standard InChI is InChI=1S/C16H18O4.Fe/c1-11(17)9-15(20)16(12(2)18,13(3)19)10-14-7-5-4-6-8-14;/h4-8H,9-10H2,1-3H3;. The van der Waals surface area contributed by atoms with E-state index in [1.807, 2.05) is 6.07 Å². The minimum atomic E-state index is -1.74. The molecule has 0 radical (unpaired) electrons. The van der Waals surface area contributed by atoms with Crippen molar-refractivity contribution in [3.63, 3.8) is 0 Å². The minimum Gasteiger partial charge on any atom is -0.300 e. The van der Waals surface area contributed by atoms with Crippen molar-refractivity contribution in [2.24, 2.45) is 5.41 Å². The van der Waals surface area contributed by atoms with E-state index in [0.717, 1.165) is 5.56 Å². The molecule has 4 nitrogen and oxygen atoms in total. The van der Waals surface area contributed by atoms with Crippen LogP contribution in [0.15, 0.2) is 30.3 Å². The maximum absolute atomic E-state index is 12.3. The molecule has 0 aliphatic rings. The Hall–Kier alpha value is -1.58. The maximum Gasteiger partial charge on any atom is 0.161 e. The normalized spacial score (nSPS) is 10.4. The van der Waals surface area contributed by atoms with E-state index in [1.54, 1.807) is 24.3 Å². The fraction of sp³-hybridized carbons (Fsp3) is 0.375. The molecular weight excluding hydrogens is 312 g/mol. The van der Waals surface area contributed by atoms with E-state index in [1.165, 1.54) is 20.8 Å². The molecule has 5 heteroatoms. The fourth-order valence-corrected chi connectivity index (χ4v) is 2.27. The molecule has 0 atom stereocenters. The van der Waals surface area contributed by atoms with Crippen molar-refractivity contribution in [2.45, 2.75) is 33.6 Å². The van der Waals surface area contributed by atoms with Crippen molar-refractivity contribution in [1.82, 2.24) is 0 Å². The number of hydrogen-bond donors (Lipinski definition) is 0. The third-order valence-electron chi connectivity index (χ3n) is 3.40. The Kier molecular flexibility index (Phi) is 7.40. The molecule has 0 bridgehead atoms. The van der Waals surface area contributed by atoms with E-state index in [-0.39, 0.29) is 29.3 Å². The van der Waals surface area contributed by atoms with Crippen LogP contribution in [0.3, 0.4) is 0 Å². The van der Waals surface area contributed by atoms with E-state index in [2.05, 4.69) is 0 Å². The molecule has 1 aromatic carbocycles. The Morgan fingerprint density at radius 3 is 1.76 bits per heavy atom. The van der Waals surface area contributed by atoms with Gasteiger partial charge in [-0.3, -0.25) is 19.2 Å². The maximum atomic E-state index is 12.3. The summed E-state index contributed by atoms with van der Waals surface area (Å²) in [6.07, 6.45) is -0.392. The fourth-order valence-electron chi connectivity index (χ4n) is 2.27. The van der Waals surface area contributed by atoms with Gasteiger partial charge in [-0.05, 0) is 32.8 Å². The average molecular weight is 330 g/mol. The summed E-state index contributed by atoms with van der Waals surface area (Å²) < 4.78 is 0. The van der Waals surface area contributed by atoms with Gasteiger partial charge in [0.1, 0.15) is 11.2 Å². The van der Waals surface area contributed by atoms with Crippen LogP contribution < -0.4 is 0 Å². The molecule has 1 rings (SSSR count). The zero-order valence-corrected chi connectivity index (χ0v) is 13.4. The molecule has 0 N–H and O–H groups in total. The van der Waals surface area contributed by atoms with E-state index < -0.39 is 29.2 Å². The van der Waals surface area contributed by atoms with E-state index in [9.17, 15) is 19.2 Å². The molecule has 0 unspecified atom stereocenters. The largest absolute Gasteiger partial charge is 0.300 e. The van der Waals surface area contributed by atoms with Gasteiger partial charge in [0.25, 0.3) is 0 Å². The minimum absolute atomic E-state index is 0. The summed E-state index contributed by atoms with van der Waals surface area (Å²) in [6, 6.07) is 8.86. The zero-order chi connectivity index (χ0) is 15.3. The third kappa shape index (κ3) is 4.45. The number of rotatable bonds is 7. The molecule has 0 heterocycles. The summed E-state index contributed by atoms with van der Waals surface area (Å²) in [5.74, 6) is -2.00. The summed E-state index contributed by atoms with van der Waals surface area (Å²) in [5, 5.41) is 0. The number of Topliss-reactive ketones (excluding diaryl/α,β-unsaturated/α-hetero) is 4. The van der Waals surface area contributed by atoms with Crippen LogP contribution in [-0.2, 0) is 42.7 Å². The predicted octanol–water partition coefficient (Wildman–Crippen LogP) is 1.94. The quantitative estimate of drug-likeness (QED) is 0.566. The van der Waals surface area contributed by atoms with Crippen LogP contribution >= 0.6 is 0 Å².